The number of thiazole rings is 1. The SMILES string of the molecule is CCc1cnc(CCNC(=O)c2ccc(C#N)cc2)s1. The van der Waals surface area contributed by atoms with Gasteiger partial charge in [0.25, 0.3) is 5.91 Å². The van der Waals surface area contributed by atoms with Crippen molar-refractivity contribution in [2.45, 2.75) is 19.8 Å². The minimum Gasteiger partial charge on any atom is -0.352 e. The molecule has 2 rings (SSSR count). The van der Waals surface area contributed by atoms with Gasteiger partial charge in [0.2, 0.25) is 0 Å². The van der Waals surface area contributed by atoms with Crippen molar-refractivity contribution in [1.29, 1.82) is 5.26 Å². The second-order valence-electron chi connectivity index (χ2n) is 4.27. The van der Waals surface area contributed by atoms with Gasteiger partial charge in [-0.05, 0) is 30.7 Å². The predicted molar refractivity (Wildman–Crippen MR) is 78.7 cm³/mol. The molecule has 0 spiro atoms. The highest BCUT2D eigenvalue weighted by molar-refractivity contribution is 7.11. The number of carbonyl (C=O) groups is 1. The fraction of sp³-hybridized carbons (Fsp3) is 0.267. The summed E-state index contributed by atoms with van der Waals surface area (Å²) in [6, 6.07) is 8.63. The normalized spacial score (nSPS) is 10.0. The highest BCUT2D eigenvalue weighted by Gasteiger charge is 2.06. The smallest absolute Gasteiger partial charge is 0.251 e. The Morgan fingerprint density at radius 3 is 2.75 bits per heavy atom. The molecular formula is C15H15N3OS. The van der Waals surface area contributed by atoms with Gasteiger partial charge in [-0.3, -0.25) is 4.79 Å². The van der Waals surface area contributed by atoms with Gasteiger partial charge < -0.3 is 5.32 Å². The molecular weight excluding hydrogens is 270 g/mol. The van der Waals surface area contributed by atoms with Crippen molar-refractivity contribution in [3.63, 3.8) is 0 Å². The molecule has 0 aliphatic carbocycles. The zero-order valence-electron chi connectivity index (χ0n) is 11.2. The summed E-state index contributed by atoms with van der Waals surface area (Å²) in [5, 5.41) is 12.6. The number of aryl methyl sites for hydroxylation is 1. The number of nitrogens with zero attached hydrogens (tertiary/aromatic N) is 2. The molecule has 1 amide bonds. The Bertz CT molecular complexity index is 625. The van der Waals surface area contributed by atoms with Crippen LogP contribution in [0.2, 0.25) is 0 Å². The summed E-state index contributed by atoms with van der Waals surface area (Å²) in [5.41, 5.74) is 1.12. The van der Waals surface area contributed by atoms with E-state index in [9.17, 15) is 4.79 Å². The molecule has 0 fully saturated rings. The van der Waals surface area contributed by atoms with Gasteiger partial charge >= 0.3 is 0 Å². The predicted octanol–water partition coefficient (Wildman–Crippen LogP) is 2.55. The number of nitriles is 1. The van der Waals surface area contributed by atoms with Crippen LogP contribution < -0.4 is 5.32 Å². The molecule has 0 unspecified atom stereocenters. The Morgan fingerprint density at radius 2 is 2.15 bits per heavy atom. The third-order valence-corrected chi connectivity index (χ3v) is 4.05. The minimum atomic E-state index is -0.123. The monoisotopic (exact) mass is 285 g/mol. The second kappa shape index (κ2) is 6.83. The van der Waals surface area contributed by atoms with Crippen LogP contribution in [0, 0.1) is 11.3 Å². The summed E-state index contributed by atoms with van der Waals surface area (Å²) in [6.45, 7) is 2.67. The molecule has 0 aliphatic rings. The van der Waals surface area contributed by atoms with Crippen molar-refractivity contribution < 1.29 is 4.79 Å². The maximum absolute atomic E-state index is 11.9. The first-order valence-corrected chi connectivity index (χ1v) is 7.26. The first-order valence-electron chi connectivity index (χ1n) is 6.45. The molecule has 0 bridgehead atoms. The topological polar surface area (TPSA) is 65.8 Å². The van der Waals surface area contributed by atoms with Crippen LogP contribution in [0.3, 0.4) is 0 Å². The number of hydrogen-bond donors (Lipinski definition) is 1. The van der Waals surface area contributed by atoms with Crippen LogP contribution in [0.5, 0.6) is 0 Å². The molecule has 0 saturated heterocycles. The van der Waals surface area contributed by atoms with E-state index in [1.165, 1.54) is 4.88 Å². The van der Waals surface area contributed by atoms with Crippen LogP contribution >= 0.6 is 11.3 Å². The summed E-state index contributed by atoms with van der Waals surface area (Å²) < 4.78 is 0. The summed E-state index contributed by atoms with van der Waals surface area (Å²) in [6.07, 6.45) is 3.63. The average molecular weight is 285 g/mol. The molecule has 0 aliphatic heterocycles. The Balaban J connectivity index is 1.84. The Hall–Kier alpha value is -2.19. The molecule has 0 radical (unpaired) electrons. The molecule has 1 heterocycles. The van der Waals surface area contributed by atoms with Gasteiger partial charge in [0, 0.05) is 29.6 Å². The zero-order valence-corrected chi connectivity index (χ0v) is 12.0. The summed E-state index contributed by atoms with van der Waals surface area (Å²) >= 11 is 1.69. The van der Waals surface area contributed by atoms with Crippen molar-refractivity contribution in [1.82, 2.24) is 10.3 Å². The van der Waals surface area contributed by atoms with E-state index in [0.717, 1.165) is 17.8 Å². The average Bonchev–Trinajstić information content (AvgIpc) is 2.95. The fourth-order valence-corrected chi connectivity index (χ4v) is 2.57. The van der Waals surface area contributed by atoms with Gasteiger partial charge in [-0.25, -0.2) is 4.98 Å². The molecule has 1 N–H and O–H groups in total. The van der Waals surface area contributed by atoms with Crippen LogP contribution in [0.25, 0.3) is 0 Å². The summed E-state index contributed by atoms with van der Waals surface area (Å²) in [5.74, 6) is -0.123. The largest absolute Gasteiger partial charge is 0.352 e. The van der Waals surface area contributed by atoms with Crippen LogP contribution in [-0.2, 0) is 12.8 Å². The quantitative estimate of drug-likeness (QED) is 0.918. The lowest BCUT2D eigenvalue weighted by atomic mass is 10.1. The van der Waals surface area contributed by atoms with E-state index in [-0.39, 0.29) is 5.91 Å². The van der Waals surface area contributed by atoms with E-state index < -0.39 is 0 Å². The van der Waals surface area contributed by atoms with Crippen molar-refractivity contribution in [2.24, 2.45) is 0 Å². The number of amides is 1. The van der Waals surface area contributed by atoms with Gasteiger partial charge in [-0.15, -0.1) is 11.3 Å². The molecule has 0 saturated carbocycles. The summed E-state index contributed by atoms with van der Waals surface area (Å²) in [7, 11) is 0. The first kappa shape index (κ1) is 14.2. The number of benzene rings is 1. The lowest BCUT2D eigenvalue weighted by molar-refractivity contribution is 0.0954. The maximum atomic E-state index is 11.9. The molecule has 20 heavy (non-hydrogen) atoms. The standard InChI is InChI=1S/C15H15N3OS/c1-2-13-10-18-14(20-13)7-8-17-15(19)12-5-3-11(9-16)4-6-12/h3-6,10H,2,7-8H2,1H3,(H,17,19). The van der Waals surface area contributed by atoms with Crippen LogP contribution in [0.1, 0.15) is 32.7 Å². The molecule has 1 aromatic carbocycles. The Labute approximate surface area is 122 Å². The van der Waals surface area contributed by atoms with Crippen molar-refractivity contribution in [2.75, 3.05) is 6.54 Å². The highest BCUT2D eigenvalue weighted by atomic mass is 32.1. The van der Waals surface area contributed by atoms with E-state index in [1.54, 1.807) is 35.6 Å². The Morgan fingerprint density at radius 1 is 1.40 bits per heavy atom. The van der Waals surface area contributed by atoms with Crippen LogP contribution in [0.4, 0.5) is 0 Å². The van der Waals surface area contributed by atoms with Gasteiger partial charge in [-0.1, -0.05) is 6.92 Å². The van der Waals surface area contributed by atoms with E-state index in [2.05, 4.69) is 17.2 Å². The minimum absolute atomic E-state index is 0.123. The molecule has 102 valence electrons. The van der Waals surface area contributed by atoms with E-state index in [1.807, 2.05) is 12.3 Å². The third-order valence-electron chi connectivity index (χ3n) is 2.85. The van der Waals surface area contributed by atoms with E-state index in [0.29, 0.717) is 17.7 Å². The molecule has 4 nitrogen and oxygen atoms in total. The molecule has 0 atom stereocenters. The molecule has 1 aromatic heterocycles. The number of nitrogens with one attached hydrogen (secondary N) is 1. The molecule has 2 aromatic rings. The van der Waals surface area contributed by atoms with Crippen LogP contribution in [-0.4, -0.2) is 17.4 Å². The number of carbonyl (C=O) groups excluding carboxylic acids is 1. The Kier molecular flexibility index (Phi) is 4.85. The number of aromatic nitrogens is 1. The van der Waals surface area contributed by atoms with E-state index >= 15 is 0 Å². The maximum Gasteiger partial charge on any atom is 0.251 e. The van der Waals surface area contributed by atoms with Gasteiger partial charge in [0.1, 0.15) is 0 Å². The van der Waals surface area contributed by atoms with Gasteiger partial charge in [0.15, 0.2) is 0 Å². The number of hydrogen-bond acceptors (Lipinski definition) is 4. The lowest BCUT2D eigenvalue weighted by Crippen LogP contribution is -2.25. The lowest BCUT2D eigenvalue weighted by Gasteiger charge is -2.03. The second-order valence-corrected chi connectivity index (χ2v) is 5.47. The van der Waals surface area contributed by atoms with Gasteiger partial charge in [-0.2, -0.15) is 5.26 Å². The van der Waals surface area contributed by atoms with Crippen molar-refractivity contribution in [3.05, 3.63) is 51.5 Å². The van der Waals surface area contributed by atoms with Crippen LogP contribution in [0.15, 0.2) is 30.5 Å². The first-order chi connectivity index (χ1) is 9.72. The highest BCUT2D eigenvalue weighted by Crippen LogP contribution is 2.13. The van der Waals surface area contributed by atoms with Crippen molar-refractivity contribution in [3.8, 4) is 6.07 Å². The number of rotatable bonds is 5. The summed E-state index contributed by atoms with van der Waals surface area (Å²) in [4.78, 5) is 17.5. The van der Waals surface area contributed by atoms with Crippen molar-refractivity contribution >= 4 is 17.2 Å². The third kappa shape index (κ3) is 3.65. The zero-order chi connectivity index (χ0) is 14.4. The van der Waals surface area contributed by atoms with E-state index in [4.69, 9.17) is 5.26 Å². The molecule has 5 heteroatoms. The van der Waals surface area contributed by atoms with Gasteiger partial charge in [0.05, 0.1) is 16.6 Å². The fourth-order valence-electron chi connectivity index (χ4n) is 1.71.